The Morgan fingerprint density at radius 2 is 1.81 bits per heavy atom. The average molecular weight is 342 g/mol. The Labute approximate surface area is 154 Å². The van der Waals surface area contributed by atoms with Crippen LogP contribution >= 0.6 is 0 Å². The number of aryl methyl sites for hydroxylation is 1. The first-order chi connectivity index (χ1) is 12.8. The molecule has 2 aliphatic rings. The van der Waals surface area contributed by atoms with Gasteiger partial charge in [-0.1, -0.05) is 30.4 Å². The lowest BCUT2D eigenvalue weighted by molar-refractivity contribution is 0.480. The number of rotatable bonds is 4. The number of allylic oxidation sites excluding steroid dienone is 2. The normalized spacial score (nSPS) is 21.1. The molecule has 2 unspecified atom stereocenters. The van der Waals surface area contributed by atoms with Crippen molar-refractivity contribution in [2.24, 2.45) is 9.98 Å². The predicted molar refractivity (Wildman–Crippen MR) is 108 cm³/mol. The quantitative estimate of drug-likeness (QED) is 0.678. The second-order valence-electron chi connectivity index (χ2n) is 6.79. The molecule has 2 heterocycles. The second-order valence-corrected chi connectivity index (χ2v) is 6.79. The fourth-order valence-corrected chi connectivity index (χ4v) is 3.41. The van der Waals surface area contributed by atoms with Crippen molar-refractivity contribution in [3.05, 3.63) is 83.7 Å². The lowest BCUT2D eigenvalue weighted by atomic mass is 9.93. The summed E-state index contributed by atoms with van der Waals surface area (Å²) in [5, 5.41) is 0. The third-order valence-electron chi connectivity index (χ3n) is 4.74. The van der Waals surface area contributed by atoms with Gasteiger partial charge in [-0.25, -0.2) is 0 Å². The van der Waals surface area contributed by atoms with Crippen LogP contribution in [0.15, 0.2) is 77.0 Å². The smallest absolute Gasteiger partial charge is 0.127 e. The Morgan fingerprint density at radius 1 is 0.885 bits per heavy atom. The fraction of sp³-hybridized carbons (Fsp3) is 0.217. The molecule has 0 saturated heterocycles. The highest BCUT2D eigenvalue weighted by Crippen LogP contribution is 2.31. The number of ether oxygens (including phenoxy) is 1. The van der Waals surface area contributed by atoms with Gasteiger partial charge in [0.05, 0.1) is 0 Å². The Morgan fingerprint density at radius 3 is 2.62 bits per heavy atom. The Bertz CT molecular complexity index is 908. The molecule has 0 spiro atoms. The number of benzene rings is 2. The number of aliphatic imine (C=N–C) groups is 2. The van der Waals surface area contributed by atoms with Gasteiger partial charge in [0.25, 0.3) is 0 Å². The topological polar surface area (TPSA) is 34.0 Å². The SMILES string of the molecule is Cc1cc(Oc2cccc(C3C=NC=CC3)c2)cc(C2C=CN=CC2)c1. The van der Waals surface area contributed by atoms with Gasteiger partial charge in [-0.15, -0.1) is 0 Å². The Kier molecular flexibility index (Phi) is 4.78. The van der Waals surface area contributed by atoms with Crippen molar-refractivity contribution in [3.63, 3.8) is 0 Å². The van der Waals surface area contributed by atoms with Gasteiger partial charge in [0, 0.05) is 36.7 Å². The van der Waals surface area contributed by atoms with Crippen LogP contribution in [0, 0.1) is 6.92 Å². The molecule has 0 saturated carbocycles. The van der Waals surface area contributed by atoms with Crippen LogP contribution in [-0.4, -0.2) is 12.4 Å². The van der Waals surface area contributed by atoms with E-state index in [9.17, 15) is 0 Å². The van der Waals surface area contributed by atoms with Crippen LogP contribution in [0.5, 0.6) is 11.5 Å². The van der Waals surface area contributed by atoms with Crippen molar-refractivity contribution in [3.8, 4) is 11.5 Å². The molecule has 4 rings (SSSR count). The first-order valence-electron chi connectivity index (χ1n) is 9.04. The van der Waals surface area contributed by atoms with E-state index in [-0.39, 0.29) is 0 Å². The molecule has 0 bridgehead atoms. The summed E-state index contributed by atoms with van der Waals surface area (Å²) in [7, 11) is 0. The maximum atomic E-state index is 6.20. The third kappa shape index (κ3) is 3.83. The summed E-state index contributed by atoms with van der Waals surface area (Å²) < 4.78 is 6.20. The van der Waals surface area contributed by atoms with Gasteiger partial charge in [0.15, 0.2) is 0 Å². The summed E-state index contributed by atoms with van der Waals surface area (Å²) in [6.45, 7) is 2.11. The monoisotopic (exact) mass is 342 g/mol. The molecule has 2 aromatic carbocycles. The van der Waals surface area contributed by atoms with Crippen LogP contribution in [0.1, 0.15) is 41.4 Å². The molecule has 2 atom stereocenters. The minimum absolute atomic E-state index is 0.322. The van der Waals surface area contributed by atoms with E-state index in [4.69, 9.17) is 4.74 Å². The van der Waals surface area contributed by atoms with Crippen LogP contribution in [0.2, 0.25) is 0 Å². The zero-order valence-electron chi connectivity index (χ0n) is 14.9. The lowest BCUT2D eigenvalue weighted by Crippen LogP contribution is -2.02. The van der Waals surface area contributed by atoms with Crippen molar-refractivity contribution in [2.45, 2.75) is 31.6 Å². The molecule has 0 fully saturated rings. The highest BCUT2D eigenvalue weighted by atomic mass is 16.5. The van der Waals surface area contributed by atoms with Gasteiger partial charge in [0.1, 0.15) is 11.5 Å². The first kappa shape index (κ1) is 16.5. The van der Waals surface area contributed by atoms with Crippen molar-refractivity contribution in [2.75, 3.05) is 0 Å². The van der Waals surface area contributed by atoms with Gasteiger partial charge in [0.2, 0.25) is 0 Å². The fourth-order valence-electron chi connectivity index (χ4n) is 3.41. The third-order valence-corrected chi connectivity index (χ3v) is 4.74. The number of nitrogens with zero attached hydrogens (tertiary/aromatic N) is 2. The highest BCUT2D eigenvalue weighted by molar-refractivity contribution is 5.70. The summed E-state index contributed by atoms with van der Waals surface area (Å²) in [6.07, 6.45) is 13.9. The molecule has 0 radical (unpaired) electrons. The van der Waals surface area contributed by atoms with E-state index >= 15 is 0 Å². The predicted octanol–water partition coefficient (Wildman–Crippen LogP) is 5.93. The first-order valence-corrected chi connectivity index (χ1v) is 9.04. The van der Waals surface area contributed by atoms with E-state index in [1.807, 2.05) is 37.0 Å². The van der Waals surface area contributed by atoms with E-state index in [2.05, 4.69) is 59.4 Å². The van der Waals surface area contributed by atoms with Crippen LogP contribution in [-0.2, 0) is 0 Å². The van der Waals surface area contributed by atoms with Gasteiger partial charge >= 0.3 is 0 Å². The Balaban J connectivity index is 1.56. The summed E-state index contributed by atoms with van der Waals surface area (Å²) >= 11 is 0. The minimum Gasteiger partial charge on any atom is -0.457 e. The van der Waals surface area contributed by atoms with Crippen molar-refractivity contribution < 1.29 is 4.74 Å². The maximum Gasteiger partial charge on any atom is 0.127 e. The van der Waals surface area contributed by atoms with Crippen LogP contribution in [0.4, 0.5) is 0 Å². The molecule has 2 aromatic rings. The van der Waals surface area contributed by atoms with Gasteiger partial charge < -0.3 is 4.74 Å². The molecule has 130 valence electrons. The van der Waals surface area contributed by atoms with Gasteiger partial charge in [-0.2, -0.15) is 0 Å². The van der Waals surface area contributed by atoms with Gasteiger partial charge in [-0.05, 0) is 60.7 Å². The van der Waals surface area contributed by atoms with E-state index in [1.165, 1.54) is 16.7 Å². The van der Waals surface area contributed by atoms with Crippen LogP contribution in [0.25, 0.3) is 0 Å². The number of hydrogen-bond donors (Lipinski definition) is 0. The van der Waals surface area contributed by atoms with Crippen LogP contribution in [0.3, 0.4) is 0 Å². The van der Waals surface area contributed by atoms with Crippen LogP contribution < -0.4 is 4.74 Å². The van der Waals surface area contributed by atoms with E-state index in [0.717, 1.165) is 24.3 Å². The standard InChI is InChI=1S/C23H22N2O/c1-17-12-21(18-7-10-24-11-8-18)15-23(13-17)26-22-6-2-4-19(14-22)20-5-3-9-25-16-20/h2-4,6-7,9-16,18,20H,5,8H2,1H3. The largest absolute Gasteiger partial charge is 0.457 e. The van der Waals surface area contributed by atoms with E-state index < -0.39 is 0 Å². The maximum absolute atomic E-state index is 6.20. The van der Waals surface area contributed by atoms with Gasteiger partial charge in [-0.3, -0.25) is 9.98 Å². The molecule has 26 heavy (non-hydrogen) atoms. The molecule has 0 N–H and O–H groups in total. The molecule has 3 heteroatoms. The summed E-state index contributed by atoms with van der Waals surface area (Å²) in [5.41, 5.74) is 3.70. The molecule has 0 aliphatic carbocycles. The average Bonchev–Trinajstić information content (AvgIpc) is 2.69. The zero-order valence-corrected chi connectivity index (χ0v) is 14.9. The van der Waals surface area contributed by atoms with E-state index in [1.54, 1.807) is 0 Å². The minimum atomic E-state index is 0.322. The second kappa shape index (κ2) is 7.52. The Hall–Kier alpha value is -2.94. The summed E-state index contributed by atoms with van der Waals surface area (Å²) in [4.78, 5) is 8.43. The number of hydrogen-bond acceptors (Lipinski definition) is 3. The zero-order chi connectivity index (χ0) is 17.8. The van der Waals surface area contributed by atoms with Crippen molar-refractivity contribution in [1.29, 1.82) is 0 Å². The van der Waals surface area contributed by atoms with Crippen molar-refractivity contribution >= 4 is 12.4 Å². The molecular weight excluding hydrogens is 320 g/mol. The summed E-state index contributed by atoms with van der Waals surface area (Å²) in [5.74, 6) is 2.43. The highest BCUT2D eigenvalue weighted by Gasteiger charge is 2.13. The molecule has 0 aromatic heterocycles. The molecule has 0 amide bonds. The van der Waals surface area contributed by atoms with E-state index in [0.29, 0.717) is 11.8 Å². The molecular formula is C23H22N2O. The summed E-state index contributed by atoms with van der Waals surface area (Å²) in [6, 6.07) is 14.8. The lowest BCUT2D eigenvalue weighted by Gasteiger charge is -2.17. The molecule has 3 nitrogen and oxygen atoms in total. The van der Waals surface area contributed by atoms with Crippen molar-refractivity contribution in [1.82, 2.24) is 0 Å². The molecule has 2 aliphatic heterocycles.